The average Bonchev–Trinajstić information content (AvgIpc) is 2.82. The maximum absolute atomic E-state index is 5.62. The summed E-state index contributed by atoms with van der Waals surface area (Å²) in [6.07, 6.45) is 3.92. The predicted molar refractivity (Wildman–Crippen MR) is 68.9 cm³/mol. The van der Waals surface area contributed by atoms with Crippen LogP contribution in [0.2, 0.25) is 0 Å². The summed E-state index contributed by atoms with van der Waals surface area (Å²) in [5.74, 6) is 0. The first kappa shape index (κ1) is 11.4. The van der Waals surface area contributed by atoms with Gasteiger partial charge in [0.05, 0.1) is 25.5 Å². The number of rotatable bonds is 3. The van der Waals surface area contributed by atoms with E-state index in [0.717, 1.165) is 19.8 Å². The van der Waals surface area contributed by atoms with E-state index in [4.69, 9.17) is 4.74 Å². The molecule has 18 heavy (non-hydrogen) atoms. The third kappa shape index (κ3) is 2.30. The molecule has 94 valence electrons. The van der Waals surface area contributed by atoms with Gasteiger partial charge in [-0.2, -0.15) is 5.10 Å². The second-order valence-corrected chi connectivity index (χ2v) is 4.67. The number of ether oxygens (including phenoxy) is 1. The Morgan fingerprint density at radius 3 is 3.17 bits per heavy atom. The van der Waals surface area contributed by atoms with Gasteiger partial charge < -0.3 is 10.1 Å². The molecule has 1 aromatic carbocycles. The Kier molecular flexibility index (Phi) is 3.13. The van der Waals surface area contributed by atoms with Gasteiger partial charge in [-0.25, -0.2) is 0 Å². The van der Waals surface area contributed by atoms with Gasteiger partial charge in [0, 0.05) is 25.4 Å². The Labute approximate surface area is 107 Å². The van der Waals surface area contributed by atoms with Gasteiger partial charge in [-0.15, -0.1) is 0 Å². The van der Waals surface area contributed by atoms with Crippen LogP contribution in [0.15, 0.2) is 36.7 Å². The second-order valence-electron chi connectivity index (χ2n) is 4.67. The lowest BCUT2D eigenvalue weighted by molar-refractivity contribution is 0.0817. The average molecular weight is 243 g/mol. The van der Waals surface area contributed by atoms with E-state index >= 15 is 0 Å². The quantitative estimate of drug-likeness (QED) is 0.893. The van der Waals surface area contributed by atoms with E-state index in [2.05, 4.69) is 34.7 Å². The molecule has 1 unspecified atom stereocenters. The number of benzene rings is 1. The fraction of sp³-hybridized carbons (Fsp3) is 0.357. The molecule has 0 spiro atoms. The van der Waals surface area contributed by atoms with Gasteiger partial charge in [-0.05, 0) is 11.1 Å². The first-order valence-corrected chi connectivity index (χ1v) is 6.19. The number of aryl methyl sites for hydroxylation is 1. The SMILES string of the molecule is Cn1cc(CNC2COCc3ccccc32)cn1. The number of aromatic nitrogens is 2. The highest BCUT2D eigenvalue weighted by Gasteiger charge is 2.19. The number of hydrogen-bond donors (Lipinski definition) is 1. The standard InChI is InChI=1S/C14H17N3O/c1-17-8-11(7-16-17)6-15-14-10-18-9-12-4-2-3-5-13(12)14/h2-5,7-8,14-15H,6,9-10H2,1H3. The molecule has 1 aromatic heterocycles. The van der Waals surface area contributed by atoms with E-state index < -0.39 is 0 Å². The van der Waals surface area contributed by atoms with Crippen molar-refractivity contribution >= 4 is 0 Å². The van der Waals surface area contributed by atoms with Crippen LogP contribution in [-0.4, -0.2) is 16.4 Å². The molecule has 4 heteroatoms. The van der Waals surface area contributed by atoms with Crippen molar-refractivity contribution in [2.75, 3.05) is 6.61 Å². The lowest BCUT2D eigenvalue weighted by Gasteiger charge is -2.26. The van der Waals surface area contributed by atoms with E-state index in [0.29, 0.717) is 0 Å². The fourth-order valence-electron chi connectivity index (χ4n) is 2.36. The highest BCUT2D eigenvalue weighted by atomic mass is 16.5. The molecule has 3 rings (SSSR count). The molecule has 1 aliphatic rings. The van der Waals surface area contributed by atoms with Crippen LogP contribution < -0.4 is 5.32 Å². The van der Waals surface area contributed by atoms with E-state index in [1.165, 1.54) is 16.7 Å². The van der Waals surface area contributed by atoms with Crippen LogP contribution in [-0.2, 0) is 24.9 Å². The van der Waals surface area contributed by atoms with Crippen LogP contribution in [0.5, 0.6) is 0 Å². The number of nitrogens with zero attached hydrogens (tertiary/aromatic N) is 2. The summed E-state index contributed by atoms with van der Waals surface area (Å²) in [4.78, 5) is 0. The van der Waals surface area contributed by atoms with Crippen molar-refractivity contribution in [3.8, 4) is 0 Å². The molecule has 1 N–H and O–H groups in total. The van der Waals surface area contributed by atoms with Crippen molar-refractivity contribution in [3.05, 3.63) is 53.3 Å². The molecule has 0 saturated carbocycles. The van der Waals surface area contributed by atoms with Gasteiger partial charge >= 0.3 is 0 Å². The summed E-state index contributed by atoms with van der Waals surface area (Å²) < 4.78 is 7.44. The Morgan fingerprint density at radius 1 is 1.44 bits per heavy atom. The molecule has 4 nitrogen and oxygen atoms in total. The lowest BCUT2D eigenvalue weighted by Crippen LogP contribution is -2.29. The van der Waals surface area contributed by atoms with Crippen molar-refractivity contribution in [1.82, 2.24) is 15.1 Å². The van der Waals surface area contributed by atoms with Crippen molar-refractivity contribution in [3.63, 3.8) is 0 Å². The first-order chi connectivity index (χ1) is 8.83. The molecular weight excluding hydrogens is 226 g/mol. The van der Waals surface area contributed by atoms with Crippen molar-refractivity contribution in [2.45, 2.75) is 19.2 Å². The molecule has 0 fully saturated rings. The van der Waals surface area contributed by atoms with Crippen molar-refractivity contribution in [2.24, 2.45) is 7.05 Å². The van der Waals surface area contributed by atoms with Crippen molar-refractivity contribution in [1.29, 1.82) is 0 Å². The van der Waals surface area contributed by atoms with E-state index in [1.54, 1.807) is 0 Å². The lowest BCUT2D eigenvalue weighted by atomic mass is 9.99. The van der Waals surface area contributed by atoms with Crippen molar-refractivity contribution < 1.29 is 4.74 Å². The predicted octanol–water partition coefficient (Wildman–Crippen LogP) is 1.78. The van der Waals surface area contributed by atoms with E-state index in [1.807, 2.05) is 24.1 Å². The summed E-state index contributed by atoms with van der Waals surface area (Å²) in [6.45, 7) is 2.27. The minimum absolute atomic E-state index is 0.273. The molecule has 0 aliphatic carbocycles. The minimum Gasteiger partial charge on any atom is -0.375 e. The topological polar surface area (TPSA) is 39.1 Å². The molecule has 0 saturated heterocycles. The Balaban J connectivity index is 1.71. The minimum atomic E-state index is 0.273. The van der Waals surface area contributed by atoms with Crippen LogP contribution in [0.4, 0.5) is 0 Å². The normalized spacial score (nSPS) is 18.6. The van der Waals surface area contributed by atoms with Crippen LogP contribution in [0.25, 0.3) is 0 Å². The summed E-state index contributed by atoms with van der Waals surface area (Å²) in [5, 5.41) is 7.70. The van der Waals surface area contributed by atoms with Gasteiger partial charge in [-0.3, -0.25) is 4.68 Å². The van der Waals surface area contributed by atoms with Gasteiger partial charge in [0.1, 0.15) is 0 Å². The molecule has 0 radical (unpaired) electrons. The zero-order chi connectivity index (χ0) is 12.4. The van der Waals surface area contributed by atoms with Crippen LogP contribution in [0.1, 0.15) is 22.7 Å². The molecule has 2 heterocycles. The van der Waals surface area contributed by atoms with E-state index in [-0.39, 0.29) is 6.04 Å². The van der Waals surface area contributed by atoms with Crippen LogP contribution in [0.3, 0.4) is 0 Å². The molecule has 1 atom stereocenters. The molecule has 1 aliphatic heterocycles. The zero-order valence-corrected chi connectivity index (χ0v) is 10.5. The van der Waals surface area contributed by atoms with Crippen LogP contribution >= 0.6 is 0 Å². The molecule has 2 aromatic rings. The largest absolute Gasteiger partial charge is 0.375 e. The smallest absolute Gasteiger partial charge is 0.0721 e. The number of hydrogen-bond acceptors (Lipinski definition) is 3. The summed E-state index contributed by atoms with van der Waals surface area (Å²) in [6, 6.07) is 8.73. The van der Waals surface area contributed by atoms with Gasteiger partial charge in [0.2, 0.25) is 0 Å². The van der Waals surface area contributed by atoms with Gasteiger partial charge in [-0.1, -0.05) is 24.3 Å². The van der Waals surface area contributed by atoms with Crippen LogP contribution in [0, 0.1) is 0 Å². The monoisotopic (exact) mass is 243 g/mol. The maximum atomic E-state index is 5.62. The summed E-state index contributed by atoms with van der Waals surface area (Å²) in [7, 11) is 1.93. The number of nitrogens with one attached hydrogen (secondary N) is 1. The highest BCUT2D eigenvalue weighted by molar-refractivity contribution is 5.31. The summed E-state index contributed by atoms with van der Waals surface area (Å²) in [5.41, 5.74) is 3.83. The van der Waals surface area contributed by atoms with Gasteiger partial charge in [0.15, 0.2) is 0 Å². The molecule has 0 bridgehead atoms. The first-order valence-electron chi connectivity index (χ1n) is 6.19. The molecular formula is C14H17N3O. The zero-order valence-electron chi connectivity index (χ0n) is 10.5. The Hall–Kier alpha value is -1.65. The third-order valence-electron chi connectivity index (χ3n) is 3.28. The fourth-order valence-corrected chi connectivity index (χ4v) is 2.36. The molecule has 0 amide bonds. The van der Waals surface area contributed by atoms with E-state index in [9.17, 15) is 0 Å². The Bertz CT molecular complexity index is 535. The maximum Gasteiger partial charge on any atom is 0.0721 e. The summed E-state index contributed by atoms with van der Waals surface area (Å²) >= 11 is 0. The third-order valence-corrected chi connectivity index (χ3v) is 3.28. The van der Waals surface area contributed by atoms with Gasteiger partial charge in [0.25, 0.3) is 0 Å². The number of fused-ring (bicyclic) bond motifs is 1. The highest BCUT2D eigenvalue weighted by Crippen LogP contribution is 2.24. The second kappa shape index (κ2) is 4.92. The Morgan fingerprint density at radius 2 is 2.33 bits per heavy atom.